The predicted octanol–water partition coefficient (Wildman–Crippen LogP) is 5.69. The van der Waals surface area contributed by atoms with Crippen LogP contribution >= 0.6 is 0 Å². The Morgan fingerprint density at radius 1 is 1.00 bits per heavy atom. The van der Waals surface area contributed by atoms with Gasteiger partial charge in [0.2, 0.25) is 0 Å². The number of hydrogen-bond donors (Lipinski definition) is 1. The summed E-state index contributed by atoms with van der Waals surface area (Å²) in [5, 5.41) is 4.99. The molecule has 0 heterocycles. The standard InChI is InChI=1S/C26H27NO3/c1-2-3-17-29-25-15-14-23-18-21(12-13-24(23)19-25)9-7-8-16-27-26(28)30-20-22-10-5-4-6-11-22/h4-6,10-15,18-19H,2-3,8,16-17,20H2,1H3,(H,27,28). The zero-order valence-corrected chi connectivity index (χ0v) is 17.3. The Morgan fingerprint density at radius 2 is 1.80 bits per heavy atom. The van der Waals surface area contributed by atoms with Crippen molar-refractivity contribution in [2.45, 2.75) is 32.8 Å². The summed E-state index contributed by atoms with van der Waals surface area (Å²) >= 11 is 0. The van der Waals surface area contributed by atoms with Crippen LogP contribution in [-0.4, -0.2) is 19.2 Å². The maximum absolute atomic E-state index is 11.7. The van der Waals surface area contributed by atoms with Crippen molar-refractivity contribution in [3.05, 3.63) is 77.9 Å². The molecule has 0 aliphatic rings. The van der Waals surface area contributed by atoms with Crippen LogP contribution in [0.5, 0.6) is 5.75 Å². The average molecular weight is 402 g/mol. The van der Waals surface area contributed by atoms with Crippen LogP contribution in [0.2, 0.25) is 0 Å². The molecule has 0 fully saturated rings. The maximum atomic E-state index is 11.7. The van der Waals surface area contributed by atoms with Crippen LogP contribution in [0.1, 0.15) is 37.3 Å². The average Bonchev–Trinajstić information content (AvgIpc) is 2.78. The van der Waals surface area contributed by atoms with E-state index in [4.69, 9.17) is 9.47 Å². The fraction of sp³-hybridized carbons (Fsp3) is 0.269. The van der Waals surface area contributed by atoms with Gasteiger partial charge in [-0.05, 0) is 47.0 Å². The van der Waals surface area contributed by atoms with Crippen molar-refractivity contribution in [2.24, 2.45) is 0 Å². The highest BCUT2D eigenvalue weighted by molar-refractivity contribution is 5.85. The molecule has 1 N–H and O–H groups in total. The number of carbonyl (C=O) groups excluding carboxylic acids is 1. The quantitative estimate of drug-likeness (QED) is 0.390. The highest BCUT2D eigenvalue weighted by Crippen LogP contribution is 2.22. The smallest absolute Gasteiger partial charge is 0.407 e. The molecule has 0 spiro atoms. The van der Waals surface area contributed by atoms with Gasteiger partial charge in [-0.1, -0.05) is 67.6 Å². The van der Waals surface area contributed by atoms with Crippen molar-refractivity contribution in [3.63, 3.8) is 0 Å². The number of nitrogens with one attached hydrogen (secondary N) is 1. The number of benzene rings is 3. The first kappa shape index (κ1) is 21.3. The summed E-state index contributed by atoms with van der Waals surface area (Å²) in [6.07, 6.45) is 2.32. The van der Waals surface area contributed by atoms with Crippen LogP contribution < -0.4 is 10.1 Å². The first-order valence-electron chi connectivity index (χ1n) is 10.3. The molecule has 3 aromatic carbocycles. The van der Waals surface area contributed by atoms with Gasteiger partial charge in [0.15, 0.2) is 0 Å². The van der Waals surface area contributed by atoms with E-state index in [0.717, 1.165) is 47.1 Å². The number of alkyl carbamates (subject to hydrolysis) is 1. The first-order chi connectivity index (χ1) is 14.7. The molecule has 4 heteroatoms. The van der Waals surface area contributed by atoms with E-state index in [0.29, 0.717) is 13.0 Å². The van der Waals surface area contributed by atoms with E-state index in [9.17, 15) is 4.79 Å². The van der Waals surface area contributed by atoms with Gasteiger partial charge in [0.1, 0.15) is 12.4 Å². The Labute approximate surface area is 178 Å². The maximum Gasteiger partial charge on any atom is 0.407 e. The predicted molar refractivity (Wildman–Crippen MR) is 120 cm³/mol. The van der Waals surface area contributed by atoms with Crippen LogP contribution in [0.25, 0.3) is 10.8 Å². The number of fused-ring (bicyclic) bond motifs is 1. The highest BCUT2D eigenvalue weighted by Gasteiger charge is 2.01. The van der Waals surface area contributed by atoms with Gasteiger partial charge < -0.3 is 14.8 Å². The molecule has 0 bridgehead atoms. The van der Waals surface area contributed by atoms with Crippen molar-refractivity contribution in [1.82, 2.24) is 5.32 Å². The number of hydrogen-bond acceptors (Lipinski definition) is 3. The minimum absolute atomic E-state index is 0.265. The van der Waals surface area contributed by atoms with E-state index in [1.54, 1.807) is 0 Å². The molecule has 0 atom stereocenters. The zero-order valence-electron chi connectivity index (χ0n) is 17.3. The number of amides is 1. The van der Waals surface area contributed by atoms with Crippen molar-refractivity contribution >= 4 is 16.9 Å². The second kappa shape index (κ2) is 11.5. The molecule has 0 aromatic heterocycles. The topological polar surface area (TPSA) is 47.6 Å². The summed E-state index contributed by atoms with van der Waals surface area (Å²) < 4.78 is 10.9. The molecule has 154 valence electrons. The Balaban J connectivity index is 1.44. The largest absolute Gasteiger partial charge is 0.494 e. The first-order valence-corrected chi connectivity index (χ1v) is 10.3. The van der Waals surface area contributed by atoms with Crippen LogP contribution in [0.3, 0.4) is 0 Å². The number of carbonyl (C=O) groups is 1. The third-order valence-electron chi connectivity index (χ3n) is 4.54. The second-order valence-corrected chi connectivity index (χ2v) is 6.97. The van der Waals surface area contributed by atoms with Gasteiger partial charge in [0, 0.05) is 18.5 Å². The van der Waals surface area contributed by atoms with Gasteiger partial charge in [0.25, 0.3) is 0 Å². The van der Waals surface area contributed by atoms with E-state index >= 15 is 0 Å². The fourth-order valence-electron chi connectivity index (χ4n) is 2.89. The lowest BCUT2D eigenvalue weighted by molar-refractivity contribution is 0.140. The Bertz CT molecular complexity index is 1020. The van der Waals surface area contributed by atoms with E-state index in [1.165, 1.54) is 0 Å². The summed E-state index contributed by atoms with van der Waals surface area (Å²) in [5.74, 6) is 7.15. The zero-order chi connectivity index (χ0) is 21.0. The van der Waals surface area contributed by atoms with Crippen LogP contribution in [0, 0.1) is 11.8 Å². The molecule has 0 aliphatic heterocycles. The Kier molecular flexibility index (Phi) is 8.17. The van der Waals surface area contributed by atoms with Crippen molar-refractivity contribution in [3.8, 4) is 17.6 Å². The van der Waals surface area contributed by atoms with E-state index < -0.39 is 6.09 Å². The van der Waals surface area contributed by atoms with E-state index in [1.807, 2.05) is 42.5 Å². The lowest BCUT2D eigenvalue weighted by Gasteiger charge is -2.07. The molecule has 3 rings (SSSR count). The molecule has 0 unspecified atom stereocenters. The molecule has 0 saturated heterocycles. The molecular weight excluding hydrogens is 374 g/mol. The van der Waals surface area contributed by atoms with Gasteiger partial charge in [-0.3, -0.25) is 0 Å². The van der Waals surface area contributed by atoms with Crippen LogP contribution in [0.15, 0.2) is 66.7 Å². The van der Waals surface area contributed by atoms with E-state index in [2.05, 4.69) is 48.3 Å². The van der Waals surface area contributed by atoms with Crippen molar-refractivity contribution in [2.75, 3.05) is 13.2 Å². The molecule has 1 amide bonds. The summed E-state index contributed by atoms with van der Waals surface area (Å²) in [6, 6.07) is 21.9. The van der Waals surface area contributed by atoms with Crippen molar-refractivity contribution in [1.29, 1.82) is 0 Å². The minimum Gasteiger partial charge on any atom is -0.494 e. The van der Waals surface area contributed by atoms with Gasteiger partial charge in [0.05, 0.1) is 6.61 Å². The monoisotopic (exact) mass is 401 g/mol. The molecule has 4 nitrogen and oxygen atoms in total. The fourth-order valence-corrected chi connectivity index (χ4v) is 2.89. The minimum atomic E-state index is -0.427. The number of ether oxygens (including phenoxy) is 2. The summed E-state index contributed by atoms with van der Waals surface area (Å²) in [7, 11) is 0. The molecule has 0 saturated carbocycles. The lowest BCUT2D eigenvalue weighted by atomic mass is 10.1. The third kappa shape index (κ3) is 6.86. The summed E-state index contributed by atoms with van der Waals surface area (Å²) in [5.41, 5.74) is 1.91. The summed E-state index contributed by atoms with van der Waals surface area (Å²) in [4.78, 5) is 11.7. The van der Waals surface area contributed by atoms with Gasteiger partial charge in [-0.25, -0.2) is 4.79 Å². The van der Waals surface area contributed by atoms with Gasteiger partial charge in [-0.2, -0.15) is 0 Å². The number of unbranched alkanes of at least 4 members (excludes halogenated alkanes) is 1. The molecule has 0 radical (unpaired) electrons. The lowest BCUT2D eigenvalue weighted by Crippen LogP contribution is -2.24. The Morgan fingerprint density at radius 3 is 2.63 bits per heavy atom. The highest BCUT2D eigenvalue weighted by atomic mass is 16.5. The van der Waals surface area contributed by atoms with E-state index in [-0.39, 0.29) is 6.61 Å². The summed E-state index contributed by atoms with van der Waals surface area (Å²) in [6.45, 7) is 3.62. The van der Waals surface area contributed by atoms with Gasteiger partial charge in [-0.15, -0.1) is 0 Å². The molecular formula is C26H27NO3. The third-order valence-corrected chi connectivity index (χ3v) is 4.54. The molecule has 3 aromatic rings. The van der Waals surface area contributed by atoms with Crippen LogP contribution in [0.4, 0.5) is 4.79 Å². The Hall–Kier alpha value is -3.45. The van der Waals surface area contributed by atoms with Crippen LogP contribution in [-0.2, 0) is 11.3 Å². The normalized spacial score (nSPS) is 10.2. The molecule has 0 aliphatic carbocycles. The number of rotatable bonds is 8. The van der Waals surface area contributed by atoms with Gasteiger partial charge >= 0.3 is 6.09 Å². The van der Waals surface area contributed by atoms with Crippen molar-refractivity contribution < 1.29 is 14.3 Å². The SMILES string of the molecule is CCCCOc1ccc2cc(C#CCCNC(=O)OCc3ccccc3)ccc2c1. The second-order valence-electron chi connectivity index (χ2n) is 6.97. The molecule has 30 heavy (non-hydrogen) atoms.